The lowest BCUT2D eigenvalue weighted by Crippen LogP contribution is -2.12. The highest BCUT2D eigenvalue weighted by Gasteiger charge is 2.30. The van der Waals surface area contributed by atoms with Gasteiger partial charge in [0, 0.05) is 21.1 Å². The molecule has 0 amide bonds. The van der Waals surface area contributed by atoms with E-state index in [1.54, 1.807) is 18.2 Å². The monoisotopic (exact) mass is 305 g/mol. The van der Waals surface area contributed by atoms with Crippen molar-refractivity contribution in [2.24, 2.45) is 0 Å². The second kappa shape index (κ2) is 4.37. The number of benzene rings is 1. The molecule has 0 spiro atoms. The summed E-state index contributed by atoms with van der Waals surface area (Å²) in [6, 6.07) is 5.36. The van der Waals surface area contributed by atoms with E-state index in [9.17, 15) is 13.2 Å². The van der Waals surface area contributed by atoms with Gasteiger partial charge in [0.05, 0.1) is 6.42 Å². The molecule has 0 saturated carbocycles. The highest BCUT2D eigenvalue weighted by molar-refractivity contribution is 9.10. The molecular formula is C12H11BrF3N. The van der Waals surface area contributed by atoms with E-state index >= 15 is 0 Å². The lowest BCUT2D eigenvalue weighted by molar-refractivity contribution is -0.127. The fourth-order valence-electron chi connectivity index (χ4n) is 2.02. The number of hydrogen-bond donors (Lipinski definition) is 1. The molecule has 0 atom stereocenters. The van der Waals surface area contributed by atoms with Gasteiger partial charge in [-0.3, -0.25) is 0 Å². The van der Waals surface area contributed by atoms with Crippen LogP contribution in [0.2, 0.25) is 0 Å². The Morgan fingerprint density at radius 2 is 2.00 bits per heavy atom. The Kier molecular flexibility index (Phi) is 3.21. The van der Waals surface area contributed by atoms with Gasteiger partial charge in [-0.25, -0.2) is 0 Å². The van der Waals surface area contributed by atoms with Crippen LogP contribution in [0.1, 0.15) is 18.2 Å². The van der Waals surface area contributed by atoms with Gasteiger partial charge < -0.3 is 4.98 Å². The Balaban J connectivity index is 2.65. The standard InChI is InChI=1S/C12H11BrF3N/c1-2-9-7(6-12(14,15)16)11-8(13)4-3-5-10(11)17-9/h3-5,17H,2,6H2,1H3. The molecule has 2 rings (SSSR count). The van der Waals surface area contributed by atoms with E-state index in [0.717, 1.165) is 5.52 Å². The molecule has 17 heavy (non-hydrogen) atoms. The van der Waals surface area contributed by atoms with Gasteiger partial charge >= 0.3 is 6.18 Å². The maximum Gasteiger partial charge on any atom is 0.393 e. The van der Waals surface area contributed by atoms with Crippen LogP contribution in [0, 0.1) is 0 Å². The van der Waals surface area contributed by atoms with Gasteiger partial charge in [-0.2, -0.15) is 13.2 Å². The van der Waals surface area contributed by atoms with Gasteiger partial charge in [0.2, 0.25) is 0 Å². The SMILES string of the molecule is CCc1[nH]c2cccc(Br)c2c1CC(F)(F)F. The molecule has 0 fully saturated rings. The molecule has 1 nitrogen and oxygen atoms in total. The molecule has 0 aliphatic heterocycles. The third-order valence-electron chi connectivity index (χ3n) is 2.70. The summed E-state index contributed by atoms with van der Waals surface area (Å²) in [6.45, 7) is 1.85. The minimum absolute atomic E-state index is 0.350. The van der Waals surface area contributed by atoms with Crippen molar-refractivity contribution in [1.29, 1.82) is 0 Å². The molecule has 5 heteroatoms. The lowest BCUT2D eigenvalue weighted by Gasteiger charge is -2.07. The van der Waals surface area contributed by atoms with Crippen LogP contribution in [0.25, 0.3) is 10.9 Å². The van der Waals surface area contributed by atoms with Gasteiger partial charge in [0.25, 0.3) is 0 Å². The number of aromatic amines is 1. The molecule has 0 aliphatic carbocycles. The van der Waals surface area contributed by atoms with Crippen molar-refractivity contribution in [2.45, 2.75) is 25.9 Å². The largest absolute Gasteiger partial charge is 0.393 e. The van der Waals surface area contributed by atoms with Crippen LogP contribution in [-0.2, 0) is 12.8 Å². The smallest absolute Gasteiger partial charge is 0.358 e. The van der Waals surface area contributed by atoms with Crippen molar-refractivity contribution < 1.29 is 13.2 Å². The third kappa shape index (κ3) is 2.49. The molecule has 2 aromatic rings. The van der Waals surface area contributed by atoms with Crippen LogP contribution in [0.15, 0.2) is 22.7 Å². The normalized spacial score (nSPS) is 12.3. The number of hydrogen-bond acceptors (Lipinski definition) is 0. The van der Waals surface area contributed by atoms with Crippen LogP contribution >= 0.6 is 15.9 Å². The third-order valence-corrected chi connectivity index (χ3v) is 3.36. The molecule has 0 aliphatic rings. The predicted octanol–water partition coefficient (Wildman–Crippen LogP) is 4.60. The summed E-state index contributed by atoms with van der Waals surface area (Å²) >= 11 is 3.31. The predicted molar refractivity (Wildman–Crippen MR) is 65.1 cm³/mol. The summed E-state index contributed by atoms with van der Waals surface area (Å²) in [4.78, 5) is 3.05. The molecule has 1 N–H and O–H groups in total. The molecule has 0 bridgehead atoms. The van der Waals surface area contributed by atoms with E-state index < -0.39 is 12.6 Å². The highest BCUT2D eigenvalue weighted by Crippen LogP contribution is 2.34. The quantitative estimate of drug-likeness (QED) is 0.835. The molecule has 1 aromatic carbocycles. The zero-order valence-corrected chi connectivity index (χ0v) is 10.7. The van der Waals surface area contributed by atoms with Crippen molar-refractivity contribution in [3.63, 3.8) is 0 Å². The average Bonchev–Trinajstić information content (AvgIpc) is 2.55. The van der Waals surface area contributed by atoms with Gasteiger partial charge in [-0.15, -0.1) is 0 Å². The van der Waals surface area contributed by atoms with Crippen LogP contribution in [0.5, 0.6) is 0 Å². The first-order valence-corrected chi connectivity index (χ1v) is 6.06. The maximum atomic E-state index is 12.6. The molecule has 1 heterocycles. The number of aromatic nitrogens is 1. The summed E-state index contributed by atoms with van der Waals surface area (Å²) in [5.41, 5.74) is 1.75. The van der Waals surface area contributed by atoms with Crippen molar-refractivity contribution in [3.05, 3.63) is 33.9 Å². The topological polar surface area (TPSA) is 15.8 Å². The lowest BCUT2D eigenvalue weighted by atomic mass is 10.1. The van der Waals surface area contributed by atoms with E-state index in [0.29, 0.717) is 27.5 Å². The van der Waals surface area contributed by atoms with Gasteiger partial charge in [-0.05, 0) is 24.1 Å². The number of rotatable bonds is 2. The fraction of sp³-hybridized carbons (Fsp3) is 0.333. The second-order valence-electron chi connectivity index (χ2n) is 3.89. The van der Waals surface area contributed by atoms with E-state index in [4.69, 9.17) is 0 Å². The van der Waals surface area contributed by atoms with Crippen molar-refractivity contribution >= 4 is 26.8 Å². The number of alkyl halides is 3. The first kappa shape index (κ1) is 12.5. The summed E-state index contributed by atoms with van der Waals surface area (Å²) < 4.78 is 38.4. The van der Waals surface area contributed by atoms with Gasteiger partial charge in [0.15, 0.2) is 0 Å². The maximum absolute atomic E-state index is 12.6. The number of H-pyrrole nitrogens is 1. The van der Waals surface area contributed by atoms with E-state index in [1.165, 1.54) is 0 Å². The zero-order valence-electron chi connectivity index (χ0n) is 9.16. The van der Waals surface area contributed by atoms with Crippen LogP contribution < -0.4 is 0 Å². The molecule has 0 radical (unpaired) electrons. The van der Waals surface area contributed by atoms with Gasteiger partial charge in [-0.1, -0.05) is 28.9 Å². The molecule has 1 aromatic heterocycles. The first-order chi connectivity index (χ1) is 7.92. The van der Waals surface area contributed by atoms with E-state index in [2.05, 4.69) is 20.9 Å². The van der Waals surface area contributed by atoms with Crippen molar-refractivity contribution in [3.8, 4) is 0 Å². The number of fused-ring (bicyclic) bond motifs is 1. The van der Waals surface area contributed by atoms with Crippen LogP contribution in [-0.4, -0.2) is 11.2 Å². The fourth-order valence-corrected chi connectivity index (χ4v) is 2.63. The van der Waals surface area contributed by atoms with Crippen LogP contribution in [0.4, 0.5) is 13.2 Å². The Labute approximate surface area is 105 Å². The molecule has 0 unspecified atom stereocenters. The van der Waals surface area contributed by atoms with Crippen LogP contribution in [0.3, 0.4) is 0 Å². The van der Waals surface area contributed by atoms with Crippen molar-refractivity contribution in [2.75, 3.05) is 0 Å². The molecule has 0 saturated heterocycles. The first-order valence-electron chi connectivity index (χ1n) is 5.27. The zero-order chi connectivity index (χ0) is 12.6. The van der Waals surface area contributed by atoms with Crippen molar-refractivity contribution in [1.82, 2.24) is 4.98 Å². The highest BCUT2D eigenvalue weighted by atomic mass is 79.9. The minimum atomic E-state index is -4.19. The Bertz CT molecular complexity index is 542. The summed E-state index contributed by atoms with van der Waals surface area (Å²) in [5, 5.41) is 0.640. The Morgan fingerprint density at radius 3 is 2.59 bits per heavy atom. The summed E-state index contributed by atoms with van der Waals surface area (Å²) in [6.07, 6.45) is -4.51. The summed E-state index contributed by atoms with van der Waals surface area (Å²) in [5.74, 6) is 0. The second-order valence-corrected chi connectivity index (χ2v) is 4.74. The number of halogens is 4. The number of aryl methyl sites for hydroxylation is 1. The average molecular weight is 306 g/mol. The Hall–Kier alpha value is -0.970. The summed E-state index contributed by atoms with van der Waals surface area (Å²) in [7, 11) is 0. The Morgan fingerprint density at radius 1 is 1.29 bits per heavy atom. The number of nitrogens with one attached hydrogen (secondary N) is 1. The minimum Gasteiger partial charge on any atom is -0.358 e. The molecule has 92 valence electrons. The van der Waals surface area contributed by atoms with Gasteiger partial charge in [0.1, 0.15) is 0 Å². The molecular weight excluding hydrogens is 295 g/mol. The van der Waals surface area contributed by atoms with E-state index in [1.807, 2.05) is 6.92 Å². The van der Waals surface area contributed by atoms with E-state index in [-0.39, 0.29) is 0 Å².